The van der Waals surface area contributed by atoms with Gasteiger partial charge in [0.05, 0.1) is 21.0 Å². The smallest absolute Gasteiger partial charge is 0.272 e. The number of hydrogen-bond acceptors (Lipinski definition) is 4. The number of hydrogen-bond donors (Lipinski definition) is 3. The Morgan fingerprint density at radius 1 is 0.780 bits per heavy atom. The van der Waals surface area contributed by atoms with Crippen LogP contribution in [-0.4, -0.2) is 23.0 Å². The molecule has 4 aromatic rings. The van der Waals surface area contributed by atoms with Crippen molar-refractivity contribution in [2.75, 3.05) is 10.6 Å². The molecule has 4 rings (SSSR count). The van der Waals surface area contributed by atoms with Crippen LogP contribution < -0.4 is 16.0 Å². The zero-order valence-electron chi connectivity index (χ0n) is 21.7. The molecular weight excluding hydrogens is 601 g/mol. The number of thioether (sulfide) groups is 1. The van der Waals surface area contributed by atoms with E-state index in [1.165, 1.54) is 11.8 Å². The standard InChI is InChI=1S/C31H24Cl3N3O3S/c1-19(29(38)36-26-9-5-8-25(33)28(26)34)41-24-16-14-23(15-17-24)35-31(40)27(18-20-10-12-22(32)13-11-20)37-30(39)21-6-3-2-4-7-21/h2-19H,1H3,(H,35,40)(H,36,38)(H,37,39)/b27-18-. The minimum absolute atomic E-state index is 0.0598. The average Bonchev–Trinajstić information content (AvgIpc) is 2.97. The summed E-state index contributed by atoms with van der Waals surface area (Å²) in [4.78, 5) is 39.5. The molecule has 0 saturated carbocycles. The van der Waals surface area contributed by atoms with Gasteiger partial charge in [-0.2, -0.15) is 0 Å². The minimum Gasteiger partial charge on any atom is -0.324 e. The fourth-order valence-corrected chi connectivity index (χ4v) is 4.92. The van der Waals surface area contributed by atoms with Gasteiger partial charge in [0.1, 0.15) is 5.70 Å². The fourth-order valence-electron chi connectivity index (χ4n) is 3.58. The highest BCUT2D eigenvalue weighted by Crippen LogP contribution is 2.31. The summed E-state index contributed by atoms with van der Waals surface area (Å²) in [5, 5.41) is 9.06. The van der Waals surface area contributed by atoms with E-state index in [9.17, 15) is 14.4 Å². The summed E-state index contributed by atoms with van der Waals surface area (Å²) in [5.74, 6) is -1.16. The van der Waals surface area contributed by atoms with E-state index in [0.717, 1.165) is 4.90 Å². The molecule has 0 radical (unpaired) electrons. The monoisotopic (exact) mass is 623 g/mol. The van der Waals surface area contributed by atoms with Crippen molar-refractivity contribution in [1.82, 2.24) is 5.32 Å². The lowest BCUT2D eigenvalue weighted by molar-refractivity contribution is -0.115. The number of amides is 3. The van der Waals surface area contributed by atoms with Gasteiger partial charge in [-0.15, -0.1) is 11.8 Å². The predicted octanol–water partition coefficient (Wildman–Crippen LogP) is 8.18. The van der Waals surface area contributed by atoms with E-state index in [1.807, 2.05) is 0 Å². The summed E-state index contributed by atoms with van der Waals surface area (Å²) in [7, 11) is 0. The van der Waals surface area contributed by atoms with Crippen LogP contribution in [0.15, 0.2) is 108 Å². The summed E-state index contributed by atoms with van der Waals surface area (Å²) in [5.41, 5.74) is 2.12. The molecule has 0 fully saturated rings. The molecule has 0 bridgehead atoms. The summed E-state index contributed by atoms with van der Waals surface area (Å²) < 4.78 is 0. The Hall–Kier alpha value is -3.75. The van der Waals surface area contributed by atoms with Crippen LogP contribution in [0.5, 0.6) is 0 Å². The first-order valence-corrected chi connectivity index (χ1v) is 14.4. The van der Waals surface area contributed by atoms with Gasteiger partial charge in [-0.3, -0.25) is 14.4 Å². The van der Waals surface area contributed by atoms with Gasteiger partial charge in [-0.25, -0.2) is 0 Å². The average molecular weight is 625 g/mol. The maximum absolute atomic E-state index is 13.2. The van der Waals surface area contributed by atoms with Crippen molar-refractivity contribution in [3.05, 3.63) is 129 Å². The predicted molar refractivity (Wildman–Crippen MR) is 169 cm³/mol. The number of carbonyl (C=O) groups is 3. The molecule has 0 aliphatic carbocycles. The Labute approximate surface area is 257 Å². The summed E-state index contributed by atoms with van der Waals surface area (Å²) in [6.07, 6.45) is 1.57. The number of carbonyl (C=O) groups excluding carboxylic acids is 3. The van der Waals surface area contributed by atoms with Gasteiger partial charge in [-0.1, -0.05) is 71.2 Å². The largest absolute Gasteiger partial charge is 0.324 e. The molecule has 6 nitrogen and oxygen atoms in total. The molecule has 0 saturated heterocycles. The summed E-state index contributed by atoms with van der Waals surface area (Å²) >= 11 is 19.5. The second-order valence-corrected chi connectivity index (χ2v) is 11.4. The van der Waals surface area contributed by atoms with Gasteiger partial charge in [0.2, 0.25) is 5.91 Å². The molecule has 1 unspecified atom stereocenters. The molecule has 3 N–H and O–H groups in total. The number of benzene rings is 4. The first-order valence-electron chi connectivity index (χ1n) is 12.4. The molecule has 41 heavy (non-hydrogen) atoms. The first kappa shape index (κ1) is 30.2. The van der Waals surface area contributed by atoms with Crippen LogP contribution in [-0.2, 0) is 9.59 Å². The van der Waals surface area contributed by atoms with Crippen LogP contribution in [0.3, 0.4) is 0 Å². The molecule has 4 aromatic carbocycles. The van der Waals surface area contributed by atoms with E-state index in [0.29, 0.717) is 32.5 Å². The topological polar surface area (TPSA) is 87.3 Å². The molecular formula is C31H24Cl3N3O3S. The molecule has 1 atom stereocenters. The van der Waals surface area contributed by atoms with Gasteiger partial charge < -0.3 is 16.0 Å². The molecule has 3 amide bonds. The van der Waals surface area contributed by atoms with Crippen LogP contribution >= 0.6 is 46.6 Å². The normalized spacial score (nSPS) is 11.9. The van der Waals surface area contributed by atoms with Crippen LogP contribution in [0.1, 0.15) is 22.8 Å². The molecule has 0 aliphatic heterocycles. The lowest BCUT2D eigenvalue weighted by atomic mass is 10.1. The maximum atomic E-state index is 13.2. The van der Waals surface area contributed by atoms with Crippen LogP contribution in [0.25, 0.3) is 6.08 Å². The lowest BCUT2D eigenvalue weighted by Crippen LogP contribution is -2.30. The lowest BCUT2D eigenvalue weighted by Gasteiger charge is -2.14. The second-order valence-electron chi connectivity index (χ2n) is 8.76. The van der Waals surface area contributed by atoms with Crippen molar-refractivity contribution in [3.63, 3.8) is 0 Å². The summed E-state index contributed by atoms with van der Waals surface area (Å²) in [6, 6.07) is 27.6. The SMILES string of the molecule is CC(Sc1ccc(NC(=O)/C(=C/c2ccc(Cl)cc2)NC(=O)c2ccccc2)cc1)C(=O)Nc1cccc(Cl)c1Cl. The van der Waals surface area contributed by atoms with Crippen molar-refractivity contribution >= 4 is 81.7 Å². The number of rotatable bonds is 9. The third kappa shape index (κ3) is 8.62. The Kier molecular flexibility index (Phi) is 10.5. The van der Waals surface area contributed by atoms with E-state index in [1.54, 1.807) is 110 Å². The molecule has 0 spiro atoms. The van der Waals surface area contributed by atoms with Gasteiger partial charge >= 0.3 is 0 Å². The zero-order valence-corrected chi connectivity index (χ0v) is 24.7. The van der Waals surface area contributed by atoms with Crippen LogP contribution in [0, 0.1) is 0 Å². The van der Waals surface area contributed by atoms with E-state index < -0.39 is 17.1 Å². The van der Waals surface area contributed by atoms with Crippen molar-refractivity contribution in [2.24, 2.45) is 0 Å². The molecule has 0 aliphatic rings. The number of halogens is 3. The Morgan fingerprint density at radius 3 is 2.15 bits per heavy atom. The van der Waals surface area contributed by atoms with Gasteiger partial charge in [0.15, 0.2) is 0 Å². The highest BCUT2D eigenvalue weighted by molar-refractivity contribution is 8.00. The van der Waals surface area contributed by atoms with Crippen molar-refractivity contribution in [3.8, 4) is 0 Å². The van der Waals surface area contributed by atoms with E-state index >= 15 is 0 Å². The highest BCUT2D eigenvalue weighted by atomic mass is 35.5. The summed E-state index contributed by atoms with van der Waals surface area (Å²) in [6.45, 7) is 1.78. The fraction of sp³-hybridized carbons (Fsp3) is 0.0645. The zero-order chi connectivity index (χ0) is 29.4. The number of nitrogens with one attached hydrogen (secondary N) is 3. The number of anilines is 2. The van der Waals surface area contributed by atoms with Crippen LogP contribution in [0.4, 0.5) is 11.4 Å². The van der Waals surface area contributed by atoms with E-state index in [4.69, 9.17) is 34.8 Å². The molecule has 208 valence electrons. The quantitative estimate of drug-likeness (QED) is 0.129. The molecule has 10 heteroatoms. The first-order chi connectivity index (χ1) is 19.7. The Balaban J connectivity index is 1.43. The van der Waals surface area contributed by atoms with E-state index in [2.05, 4.69) is 16.0 Å². The Bertz CT molecular complexity index is 1580. The third-order valence-electron chi connectivity index (χ3n) is 5.71. The van der Waals surface area contributed by atoms with Crippen molar-refractivity contribution in [2.45, 2.75) is 17.1 Å². The van der Waals surface area contributed by atoms with Gasteiger partial charge in [0, 0.05) is 21.2 Å². The third-order valence-corrected chi connectivity index (χ3v) is 7.90. The van der Waals surface area contributed by atoms with Gasteiger partial charge in [-0.05, 0) is 79.2 Å². The van der Waals surface area contributed by atoms with Crippen LogP contribution in [0.2, 0.25) is 15.1 Å². The minimum atomic E-state index is -0.504. The van der Waals surface area contributed by atoms with Crippen molar-refractivity contribution < 1.29 is 14.4 Å². The molecule has 0 aromatic heterocycles. The second kappa shape index (κ2) is 14.2. The maximum Gasteiger partial charge on any atom is 0.272 e. The van der Waals surface area contributed by atoms with Crippen molar-refractivity contribution in [1.29, 1.82) is 0 Å². The molecule has 0 heterocycles. The van der Waals surface area contributed by atoms with Gasteiger partial charge in [0.25, 0.3) is 11.8 Å². The highest BCUT2D eigenvalue weighted by Gasteiger charge is 2.18. The Morgan fingerprint density at radius 2 is 1.46 bits per heavy atom. The van der Waals surface area contributed by atoms with E-state index in [-0.39, 0.29) is 16.6 Å².